The van der Waals surface area contributed by atoms with E-state index < -0.39 is 5.54 Å². The van der Waals surface area contributed by atoms with Gasteiger partial charge in [-0.1, -0.05) is 12.8 Å². The van der Waals surface area contributed by atoms with Gasteiger partial charge < -0.3 is 0 Å². The highest BCUT2D eigenvalue weighted by Gasteiger charge is 2.38. The Labute approximate surface area is 131 Å². The molecule has 21 heavy (non-hydrogen) atoms. The van der Waals surface area contributed by atoms with Gasteiger partial charge >= 0.3 is 0 Å². The molecule has 1 heterocycles. The minimum absolute atomic E-state index is 0.353. The molecule has 0 aromatic heterocycles. The molecule has 3 unspecified atom stereocenters. The number of nitrogens with zero attached hydrogens (tertiary/aromatic N) is 2. The van der Waals surface area contributed by atoms with E-state index in [2.05, 4.69) is 44.0 Å². The van der Waals surface area contributed by atoms with Crippen LogP contribution < -0.4 is 5.32 Å². The topological polar surface area (TPSA) is 39.1 Å². The largest absolute Gasteiger partial charge is 0.297 e. The van der Waals surface area contributed by atoms with Gasteiger partial charge in [0.2, 0.25) is 0 Å². The summed E-state index contributed by atoms with van der Waals surface area (Å²) in [5.74, 6) is 0.918. The van der Waals surface area contributed by atoms with Crippen LogP contribution in [-0.4, -0.2) is 35.1 Å². The summed E-state index contributed by atoms with van der Waals surface area (Å²) in [4.78, 5) is 2.72. The van der Waals surface area contributed by atoms with E-state index in [1.807, 2.05) is 0 Å². The van der Waals surface area contributed by atoms with Crippen molar-refractivity contribution in [1.82, 2.24) is 10.2 Å². The fourth-order valence-corrected chi connectivity index (χ4v) is 4.69. The highest BCUT2D eigenvalue weighted by molar-refractivity contribution is 5.07. The number of likely N-dealkylation sites (tertiary alicyclic amines) is 1. The average Bonchev–Trinajstić information content (AvgIpc) is 3.08. The summed E-state index contributed by atoms with van der Waals surface area (Å²) in [6.07, 6.45) is 9.33. The van der Waals surface area contributed by atoms with Crippen molar-refractivity contribution in [3.8, 4) is 6.07 Å². The predicted octanol–water partition coefficient (Wildman–Crippen LogP) is 3.70. The van der Waals surface area contributed by atoms with Crippen molar-refractivity contribution < 1.29 is 0 Å². The van der Waals surface area contributed by atoms with Crippen LogP contribution in [0.25, 0.3) is 0 Å². The molecular weight excluding hydrogens is 258 g/mol. The second-order valence-electron chi connectivity index (χ2n) is 7.79. The Morgan fingerprint density at radius 2 is 1.86 bits per heavy atom. The van der Waals surface area contributed by atoms with E-state index in [1.54, 1.807) is 0 Å². The summed E-state index contributed by atoms with van der Waals surface area (Å²) in [7, 11) is 0. The third-order valence-corrected chi connectivity index (χ3v) is 5.41. The molecular formula is C18H33N3. The Morgan fingerprint density at radius 1 is 1.19 bits per heavy atom. The lowest BCUT2D eigenvalue weighted by Crippen LogP contribution is -2.51. The molecule has 0 bridgehead atoms. The van der Waals surface area contributed by atoms with E-state index >= 15 is 0 Å². The molecule has 0 aromatic carbocycles. The van der Waals surface area contributed by atoms with E-state index in [4.69, 9.17) is 0 Å². The zero-order chi connectivity index (χ0) is 15.5. The standard InChI is InChI=1S/C18H33N3/c1-14(2)20-18(4,13-19)12-15(3)21-11-7-10-17(21)16-8-5-6-9-16/h14-17,20H,5-12H2,1-4H3. The van der Waals surface area contributed by atoms with Crippen molar-refractivity contribution in [2.45, 2.75) is 96.3 Å². The van der Waals surface area contributed by atoms with Gasteiger partial charge in [-0.2, -0.15) is 5.26 Å². The first-order valence-corrected chi connectivity index (χ1v) is 8.90. The van der Waals surface area contributed by atoms with Crippen molar-refractivity contribution >= 4 is 0 Å². The summed E-state index contributed by atoms with van der Waals surface area (Å²) in [5.41, 5.74) is -0.406. The maximum Gasteiger partial charge on any atom is 0.105 e. The van der Waals surface area contributed by atoms with E-state index in [9.17, 15) is 5.26 Å². The smallest absolute Gasteiger partial charge is 0.105 e. The van der Waals surface area contributed by atoms with Gasteiger partial charge in [0.15, 0.2) is 0 Å². The van der Waals surface area contributed by atoms with E-state index in [0.29, 0.717) is 12.1 Å². The van der Waals surface area contributed by atoms with Gasteiger partial charge in [0, 0.05) is 18.1 Å². The Bertz CT molecular complexity index is 367. The van der Waals surface area contributed by atoms with Crippen LogP contribution in [0.5, 0.6) is 0 Å². The first-order chi connectivity index (χ1) is 9.95. The number of rotatable bonds is 6. The van der Waals surface area contributed by atoms with Gasteiger partial charge in [-0.3, -0.25) is 10.2 Å². The van der Waals surface area contributed by atoms with Crippen LogP contribution in [0.15, 0.2) is 0 Å². The van der Waals surface area contributed by atoms with Gasteiger partial charge in [0.1, 0.15) is 5.54 Å². The third-order valence-electron chi connectivity index (χ3n) is 5.41. The van der Waals surface area contributed by atoms with Gasteiger partial charge in [-0.25, -0.2) is 0 Å². The lowest BCUT2D eigenvalue weighted by atomic mass is 9.91. The van der Waals surface area contributed by atoms with Crippen LogP contribution in [0.1, 0.15) is 72.6 Å². The molecule has 1 saturated heterocycles. The Kier molecular flexibility index (Phi) is 5.68. The van der Waals surface area contributed by atoms with E-state index in [1.165, 1.54) is 45.1 Å². The molecule has 120 valence electrons. The second kappa shape index (κ2) is 7.11. The van der Waals surface area contributed by atoms with Crippen molar-refractivity contribution in [3.05, 3.63) is 0 Å². The van der Waals surface area contributed by atoms with Crippen LogP contribution >= 0.6 is 0 Å². The fraction of sp³-hybridized carbons (Fsp3) is 0.944. The van der Waals surface area contributed by atoms with Crippen LogP contribution in [-0.2, 0) is 0 Å². The van der Waals surface area contributed by atoms with Crippen LogP contribution in [0.4, 0.5) is 0 Å². The molecule has 0 radical (unpaired) electrons. The normalized spacial score (nSPS) is 28.7. The van der Waals surface area contributed by atoms with Gasteiger partial charge in [-0.15, -0.1) is 0 Å². The Hall–Kier alpha value is -0.590. The maximum absolute atomic E-state index is 9.57. The summed E-state index contributed by atoms with van der Waals surface area (Å²) in [6, 6.07) is 4.14. The zero-order valence-corrected chi connectivity index (χ0v) is 14.4. The van der Waals surface area contributed by atoms with Gasteiger partial charge in [-0.05, 0) is 72.3 Å². The molecule has 3 atom stereocenters. The molecule has 1 saturated carbocycles. The van der Waals surface area contributed by atoms with Crippen LogP contribution in [0.3, 0.4) is 0 Å². The molecule has 2 aliphatic rings. The third kappa shape index (κ3) is 4.20. The molecule has 2 fully saturated rings. The number of hydrogen-bond donors (Lipinski definition) is 1. The van der Waals surface area contributed by atoms with Gasteiger partial charge in [0.25, 0.3) is 0 Å². The number of nitrogens with one attached hydrogen (secondary N) is 1. The van der Waals surface area contributed by atoms with Crippen molar-refractivity contribution in [2.75, 3.05) is 6.54 Å². The minimum Gasteiger partial charge on any atom is -0.297 e. The molecule has 3 heteroatoms. The summed E-state index contributed by atoms with van der Waals surface area (Å²) in [5, 5.41) is 13.0. The second-order valence-corrected chi connectivity index (χ2v) is 7.79. The quantitative estimate of drug-likeness (QED) is 0.811. The highest BCUT2D eigenvalue weighted by atomic mass is 15.2. The minimum atomic E-state index is -0.406. The summed E-state index contributed by atoms with van der Waals surface area (Å²) in [6.45, 7) is 9.86. The van der Waals surface area contributed by atoms with Crippen LogP contribution in [0, 0.1) is 17.2 Å². The monoisotopic (exact) mass is 291 g/mol. The van der Waals surface area contributed by atoms with Crippen molar-refractivity contribution in [1.29, 1.82) is 5.26 Å². The first kappa shape index (κ1) is 16.8. The molecule has 0 spiro atoms. The SMILES string of the molecule is CC(C)NC(C)(C#N)CC(C)N1CCCC1C1CCCC1. The Morgan fingerprint density at radius 3 is 2.43 bits per heavy atom. The average molecular weight is 291 g/mol. The van der Waals surface area contributed by atoms with Crippen LogP contribution in [0.2, 0.25) is 0 Å². The number of hydrogen-bond acceptors (Lipinski definition) is 3. The first-order valence-electron chi connectivity index (χ1n) is 8.90. The molecule has 0 amide bonds. The molecule has 1 aliphatic heterocycles. The summed E-state index contributed by atoms with van der Waals surface area (Å²) < 4.78 is 0. The van der Waals surface area contributed by atoms with Gasteiger partial charge in [0.05, 0.1) is 6.07 Å². The van der Waals surface area contributed by atoms with E-state index in [-0.39, 0.29) is 0 Å². The fourth-order valence-electron chi connectivity index (χ4n) is 4.69. The predicted molar refractivity (Wildman–Crippen MR) is 88.1 cm³/mol. The molecule has 1 N–H and O–H groups in total. The Balaban J connectivity index is 1.97. The highest BCUT2D eigenvalue weighted by Crippen LogP contribution is 2.37. The number of nitriles is 1. The zero-order valence-electron chi connectivity index (χ0n) is 14.4. The molecule has 1 aliphatic carbocycles. The van der Waals surface area contributed by atoms with Crippen molar-refractivity contribution in [2.24, 2.45) is 5.92 Å². The summed E-state index contributed by atoms with van der Waals surface area (Å²) >= 11 is 0. The molecule has 3 nitrogen and oxygen atoms in total. The lowest BCUT2D eigenvalue weighted by Gasteiger charge is -2.38. The van der Waals surface area contributed by atoms with Crippen molar-refractivity contribution in [3.63, 3.8) is 0 Å². The van der Waals surface area contributed by atoms with E-state index in [0.717, 1.165) is 18.4 Å². The molecule has 0 aromatic rings. The maximum atomic E-state index is 9.57. The molecule has 2 rings (SSSR count). The lowest BCUT2D eigenvalue weighted by molar-refractivity contribution is 0.122.